The number of methoxy groups -OCH3 is 2. The summed E-state index contributed by atoms with van der Waals surface area (Å²) in [5.74, 6) is 1.73. The number of aryl methyl sites for hydroxylation is 1. The highest BCUT2D eigenvalue weighted by atomic mass is 32.2. The molecule has 0 saturated carbocycles. The Morgan fingerprint density at radius 1 is 1.21 bits per heavy atom. The van der Waals surface area contributed by atoms with Gasteiger partial charge in [0, 0.05) is 33.5 Å². The zero-order chi connectivity index (χ0) is 20.7. The van der Waals surface area contributed by atoms with E-state index in [-0.39, 0.29) is 24.0 Å². The summed E-state index contributed by atoms with van der Waals surface area (Å²) < 4.78 is 12.3. The fourth-order valence-electron chi connectivity index (χ4n) is 2.50. The van der Waals surface area contributed by atoms with E-state index >= 15 is 0 Å². The third-order valence-electron chi connectivity index (χ3n) is 4.14. The monoisotopic (exact) mass is 407 g/mol. The molecule has 2 N–H and O–H groups in total. The number of hydrogen-bond donors (Lipinski definition) is 1. The molecule has 0 aliphatic heterocycles. The molecule has 1 aromatic carbocycles. The number of aromatic nitrogens is 3. The van der Waals surface area contributed by atoms with Gasteiger partial charge in [-0.25, -0.2) is 0 Å². The second-order valence-electron chi connectivity index (χ2n) is 6.15. The van der Waals surface area contributed by atoms with Gasteiger partial charge in [0.1, 0.15) is 5.82 Å². The standard InChI is InChI=1S/C18H25N5O4S/c1-22(10-12-5-6-13(26-3)14(9-12)27-4)17(25)11-28-18-21-20-16(23(18)2)8-7-15(19)24/h5-6,9H,7-8,10-11H2,1-4H3,(H2,19,24). The van der Waals surface area contributed by atoms with Crippen LogP contribution in [0.4, 0.5) is 0 Å². The van der Waals surface area contributed by atoms with Gasteiger partial charge in [0.15, 0.2) is 16.7 Å². The maximum atomic E-state index is 12.5. The van der Waals surface area contributed by atoms with Crippen LogP contribution in [-0.4, -0.2) is 58.5 Å². The van der Waals surface area contributed by atoms with Crippen LogP contribution in [0.15, 0.2) is 23.4 Å². The van der Waals surface area contributed by atoms with Gasteiger partial charge < -0.3 is 24.7 Å². The van der Waals surface area contributed by atoms with E-state index in [1.807, 2.05) is 18.2 Å². The van der Waals surface area contributed by atoms with E-state index < -0.39 is 0 Å². The van der Waals surface area contributed by atoms with Crippen LogP contribution in [0.25, 0.3) is 0 Å². The van der Waals surface area contributed by atoms with Gasteiger partial charge in [-0.3, -0.25) is 9.59 Å². The van der Waals surface area contributed by atoms with Crippen molar-refractivity contribution in [3.05, 3.63) is 29.6 Å². The average Bonchev–Trinajstić information content (AvgIpc) is 3.03. The molecule has 2 amide bonds. The summed E-state index contributed by atoms with van der Waals surface area (Å²) in [6.07, 6.45) is 0.635. The minimum atomic E-state index is -0.385. The van der Waals surface area contributed by atoms with E-state index in [1.165, 1.54) is 11.8 Å². The number of amides is 2. The van der Waals surface area contributed by atoms with Crippen molar-refractivity contribution in [1.82, 2.24) is 19.7 Å². The van der Waals surface area contributed by atoms with Gasteiger partial charge in [-0.1, -0.05) is 17.8 Å². The topological polar surface area (TPSA) is 113 Å². The number of primary amides is 1. The Bertz CT molecular complexity index is 839. The molecule has 9 nitrogen and oxygen atoms in total. The lowest BCUT2D eigenvalue weighted by Crippen LogP contribution is -2.27. The molecule has 2 aromatic rings. The Morgan fingerprint density at radius 3 is 2.57 bits per heavy atom. The Morgan fingerprint density at radius 2 is 1.93 bits per heavy atom. The molecule has 0 atom stereocenters. The quantitative estimate of drug-likeness (QED) is 0.585. The Kier molecular flexibility index (Phi) is 7.68. The summed E-state index contributed by atoms with van der Waals surface area (Å²) >= 11 is 1.30. The fourth-order valence-corrected chi connectivity index (χ4v) is 3.37. The van der Waals surface area contributed by atoms with Crippen molar-refractivity contribution >= 4 is 23.6 Å². The van der Waals surface area contributed by atoms with E-state index in [2.05, 4.69) is 10.2 Å². The summed E-state index contributed by atoms with van der Waals surface area (Å²) in [4.78, 5) is 25.0. The van der Waals surface area contributed by atoms with Crippen molar-refractivity contribution in [1.29, 1.82) is 0 Å². The van der Waals surface area contributed by atoms with Gasteiger partial charge in [-0.15, -0.1) is 10.2 Å². The van der Waals surface area contributed by atoms with E-state index in [4.69, 9.17) is 15.2 Å². The molecule has 0 spiro atoms. The summed E-state index contributed by atoms with van der Waals surface area (Å²) in [5, 5.41) is 8.74. The molecule has 2 rings (SSSR count). The van der Waals surface area contributed by atoms with Gasteiger partial charge in [0.05, 0.1) is 20.0 Å². The molecule has 1 aromatic heterocycles. The molecule has 28 heavy (non-hydrogen) atoms. The third kappa shape index (κ3) is 5.62. The number of ether oxygens (including phenoxy) is 2. The first-order chi connectivity index (χ1) is 13.3. The van der Waals surface area contributed by atoms with Crippen LogP contribution in [0.2, 0.25) is 0 Å². The molecule has 10 heteroatoms. The highest BCUT2D eigenvalue weighted by Gasteiger charge is 2.15. The Hall–Kier alpha value is -2.75. The maximum Gasteiger partial charge on any atom is 0.233 e. The average molecular weight is 407 g/mol. The molecule has 0 aliphatic rings. The van der Waals surface area contributed by atoms with Gasteiger partial charge in [0.25, 0.3) is 0 Å². The number of carbonyl (C=O) groups excluding carboxylic acids is 2. The highest BCUT2D eigenvalue weighted by Crippen LogP contribution is 2.28. The molecule has 0 bridgehead atoms. The van der Waals surface area contributed by atoms with Crippen LogP contribution in [-0.2, 0) is 29.6 Å². The number of rotatable bonds is 10. The Labute approximate surface area is 168 Å². The van der Waals surface area contributed by atoms with Crippen molar-refractivity contribution in [3.8, 4) is 11.5 Å². The van der Waals surface area contributed by atoms with Gasteiger partial charge >= 0.3 is 0 Å². The number of benzene rings is 1. The molecule has 1 heterocycles. The zero-order valence-electron chi connectivity index (χ0n) is 16.5. The summed E-state index contributed by atoms with van der Waals surface area (Å²) in [6, 6.07) is 5.56. The minimum Gasteiger partial charge on any atom is -0.493 e. The first kappa shape index (κ1) is 21.5. The lowest BCUT2D eigenvalue weighted by atomic mass is 10.2. The molecule has 0 aliphatic carbocycles. The van der Waals surface area contributed by atoms with Crippen LogP contribution < -0.4 is 15.2 Å². The van der Waals surface area contributed by atoms with Crippen molar-refractivity contribution in [2.45, 2.75) is 24.5 Å². The first-order valence-electron chi connectivity index (χ1n) is 8.60. The van der Waals surface area contributed by atoms with Crippen molar-refractivity contribution in [2.75, 3.05) is 27.0 Å². The lowest BCUT2D eigenvalue weighted by Gasteiger charge is -2.18. The maximum absolute atomic E-state index is 12.5. The smallest absolute Gasteiger partial charge is 0.233 e. The fraction of sp³-hybridized carbons (Fsp3) is 0.444. The SMILES string of the molecule is COc1ccc(CN(C)C(=O)CSc2nnc(CCC(N)=O)n2C)cc1OC. The Balaban J connectivity index is 1.92. The van der Waals surface area contributed by atoms with Crippen molar-refractivity contribution in [2.24, 2.45) is 12.8 Å². The highest BCUT2D eigenvalue weighted by molar-refractivity contribution is 7.99. The third-order valence-corrected chi connectivity index (χ3v) is 5.14. The van der Waals surface area contributed by atoms with Gasteiger partial charge in [0.2, 0.25) is 11.8 Å². The van der Waals surface area contributed by atoms with Crippen LogP contribution in [0.1, 0.15) is 17.8 Å². The van der Waals surface area contributed by atoms with E-state index in [0.717, 1.165) is 5.56 Å². The van der Waals surface area contributed by atoms with Crippen molar-refractivity contribution in [3.63, 3.8) is 0 Å². The molecule has 0 saturated heterocycles. The molecular formula is C18H25N5O4S. The number of nitrogens with zero attached hydrogens (tertiary/aromatic N) is 4. The van der Waals surface area contributed by atoms with Crippen LogP contribution in [0, 0.1) is 0 Å². The van der Waals surface area contributed by atoms with E-state index in [9.17, 15) is 9.59 Å². The molecule has 152 valence electrons. The van der Waals surface area contributed by atoms with E-state index in [1.54, 1.807) is 37.8 Å². The zero-order valence-corrected chi connectivity index (χ0v) is 17.3. The number of nitrogens with two attached hydrogens (primary N) is 1. The predicted octanol–water partition coefficient (Wildman–Crippen LogP) is 1.00. The van der Waals surface area contributed by atoms with Gasteiger partial charge in [-0.05, 0) is 17.7 Å². The lowest BCUT2D eigenvalue weighted by molar-refractivity contribution is -0.127. The summed E-state index contributed by atoms with van der Waals surface area (Å²) in [7, 11) is 6.70. The molecule has 0 radical (unpaired) electrons. The van der Waals surface area contributed by atoms with Crippen molar-refractivity contribution < 1.29 is 19.1 Å². The minimum absolute atomic E-state index is 0.0403. The largest absolute Gasteiger partial charge is 0.493 e. The number of thioether (sulfide) groups is 1. The van der Waals surface area contributed by atoms with E-state index in [0.29, 0.717) is 35.4 Å². The van der Waals surface area contributed by atoms with Gasteiger partial charge in [-0.2, -0.15) is 0 Å². The van der Waals surface area contributed by atoms with Crippen LogP contribution in [0.3, 0.4) is 0 Å². The second-order valence-corrected chi connectivity index (χ2v) is 7.09. The number of carbonyl (C=O) groups is 2. The predicted molar refractivity (Wildman–Crippen MR) is 105 cm³/mol. The number of hydrogen-bond acceptors (Lipinski definition) is 7. The second kappa shape index (κ2) is 9.98. The molecule has 0 fully saturated rings. The van der Waals surface area contributed by atoms with Crippen LogP contribution in [0.5, 0.6) is 11.5 Å². The molecule has 0 unspecified atom stereocenters. The summed E-state index contributed by atoms with van der Waals surface area (Å²) in [5.41, 5.74) is 6.10. The first-order valence-corrected chi connectivity index (χ1v) is 9.58. The normalized spacial score (nSPS) is 10.6. The molecular weight excluding hydrogens is 382 g/mol. The summed E-state index contributed by atoms with van der Waals surface area (Å²) in [6.45, 7) is 0.447. The van der Waals surface area contributed by atoms with Crippen LogP contribution >= 0.6 is 11.8 Å².